The van der Waals surface area contributed by atoms with Crippen LogP contribution in [-0.4, -0.2) is 53.5 Å². The Morgan fingerprint density at radius 1 is 1.03 bits per heavy atom. The molecule has 8 nitrogen and oxygen atoms in total. The van der Waals surface area contributed by atoms with Crippen molar-refractivity contribution in [3.8, 4) is 11.1 Å². The molecular weight excluding hydrogens is 424 g/mol. The van der Waals surface area contributed by atoms with E-state index in [1.54, 1.807) is 0 Å². The summed E-state index contributed by atoms with van der Waals surface area (Å²) in [6.45, 7) is 3.59. The van der Waals surface area contributed by atoms with Gasteiger partial charge in [0.05, 0.1) is 6.10 Å². The molecule has 8 heteroatoms. The van der Waals surface area contributed by atoms with E-state index in [1.165, 1.54) is 6.92 Å². The summed E-state index contributed by atoms with van der Waals surface area (Å²) in [4.78, 5) is 35.7. The summed E-state index contributed by atoms with van der Waals surface area (Å²) < 4.78 is 5.51. The zero-order chi connectivity index (χ0) is 24.0. The highest BCUT2D eigenvalue weighted by atomic mass is 16.5. The summed E-state index contributed by atoms with van der Waals surface area (Å²) in [5.74, 6) is -2.04. The van der Waals surface area contributed by atoms with Crippen molar-refractivity contribution in [3.05, 3.63) is 59.7 Å². The monoisotopic (exact) mass is 454 g/mol. The highest BCUT2D eigenvalue weighted by Crippen LogP contribution is 2.44. The zero-order valence-corrected chi connectivity index (χ0v) is 18.8. The number of carboxylic acid groups (broad SMARTS) is 1. The Morgan fingerprint density at radius 2 is 1.61 bits per heavy atom. The van der Waals surface area contributed by atoms with Crippen LogP contribution in [0, 0.1) is 5.92 Å². The van der Waals surface area contributed by atoms with Crippen LogP contribution in [0.4, 0.5) is 4.79 Å². The van der Waals surface area contributed by atoms with E-state index in [0.717, 1.165) is 22.3 Å². The first-order valence-corrected chi connectivity index (χ1v) is 11.1. The fraction of sp³-hybridized carbons (Fsp3) is 0.400. The number of aliphatic hydroxyl groups excluding tert-OH is 1. The Labute approximate surface area is 193 Å². The van der Waals surface area contributed by atoms with Crippen molar-refractivity contribution in [3.63, 3.8) is 0 Å². The molecule has 1 aliphatic rings. The molecule has 0 heterocycles. The van der Waals surface area contributed by atoms with Gasteiger partial charge in [0.25, 0.3) is 0 Å². The number of amides is 2. The molecule has 0 aliphatic heterocycles. The van der Waals surface area contributed by atoms with Gasteiger partial charge in [-0.3, -0.25) is 4.79 Å². The van der Waals surface area contributed by atoms with Crippen LogP contribution in [0.1, 0.15) is 43.7 Å². The maximum absolute atomic E-state index is 12.3. The first kappa shape index (κ1) is 24.3. The molecule has 2 aromatic rings. The van der Waals surface area contributed by atoms with Gasteiger partial charge < -0.3 is 25.6 Å². The molecule has 0 aromatic heterocycles. The van der Waals surface area contributed by atoms with E-state index < -0.39 is 30.1 Å². The van der Waals surface area contributed by atoms with Gasteiger partial charge in [-0.15, -0.1) is 0 Å². The van der Waals surface area contributed by atoms with Crippen molar-refractivity contribution in [1.29, 1.82) is 0 Å². The zero-order valence-electron chi connectivity index (χ0n) is 18.8. The minimum absolute atomic E-state index is 0.0245. The number of hydrogen-bond acceptors (Lipinski definition) is 5. The predicted molar refractivity (Wildman–Crippen MR) is 123 cm³/mol. The van der Waals surface area contributed by atoms with Crippen molar-refractivity contribution in [2.75, 3.05) is 13.2 Å². The first-order valence-electron chi connectivity index (χ1n) is 11.1. The van der Waals surface area contributed by atoms with Crippen LogP contribution in [0.25, 0.3) is 11.1 Å². The number of aliphatic hydroxyl groups is 1. The second-order valence-electron chi connectivity index (χ2n) is 8.31. The molecule has 0 bridgehead atoms. The molecule has 2 aromatic carbocycles. The Kier molecular flexibility index (Phi) is 8.06. The van der Waals surface area contributed by atoms with E-state index in [-0.39, 0.29) is 31.4 Å². The molecule has 2 amide bonds. The minimum Gasteiger partial charge on any atom is -0.480 e. The Bertz CT molecular complexity index is 960. The lowest BCUT2D eigenvalue weighted by Gasteiger charge is -2.20. The number of rotatable bonds is 10. The number of alkyl carbamates (subject to hydrolysis) is 1. The highest BCUT2D eigenvalue weighted by Gasteiger charge is 2.29. The topological polar surface area (TPSA) is 125 Å². The maximum atomic E-state index is 12.3. The smallest absolute Gasteiger partial charge is 0.407 e. The maximum Gasteiger partial charge on any atom is 0.407 e. The number of ether oxygens (including phenoxy) is 1. The third kappa shape index (κ3) is 5.90. The third-order valence-corrected chi connectivity index (χ3v) is 6.00. The highest BCUT2D eigenvalue weighted by molar-refractivity contribution is 5.84. The molecule has 0 fully saturated rings. The van der Waals surface area contributed by atoms with Crippen LogP contribution in [0.2, 0.25) is 0 Å². The van der Waals surface area contributed by atoms with Crippen LogP contribution in [0.3, 0.4) is 0 Å². The number of carbonyl (C=O) groups excluding carboxylic acids is 2. The number of hydrogen-bond donors (Lipinski definition) is 4. The second-order valence-corrected chi connectivity index (χ2v) is 8.31. The normalized spacial score (nSPS) is 15.0. The molecular formula is C25H30N2O6. The Hall–Kier alpha value is -3.39. The molecule has 1 aliphatic carbocycles. The standard InChI is InChI=1S/C25H30N2O6/c1-3-16(12-22(29)27-23(15(2)28)24(30)31)13-26-25(32)33-14-21-19-10-6-4-8-17(19)18-9-5-7-11-20(18)21/h4-11,15-16,21,23,28H,3,12-14H2,1-2H3,(H,26,32)(H,27,29)(H,30,31)/t15-,16?,23+/m1/s1. The molecule has 0 saturated heterocycles. The Balaban J connectivity index is 1.51. The van der Waals surface area contributed by atoms with E-state index in [4.69, 9.17) is 9.84 Å². The van der Waals surface area contributed by atoms with Crippen LogP contribution < -0.4 is 10.6 Å². The van der Waals surface area contributed by atoms with Gasteiger partial charge in [0, 0.05) is 18.9 Å². The first-order chi connectivity index (χ1) is 15.8. The quantitative estimate of drug-likeness (QED) is 0.438. The SMILES string of the molecule is CCC(CNC(=O)OCC1c2ccccc2-c2ccccc21)CC(=O)N[C@H](C(=O)O)[C@@H](C)O. The van der Waals surface area contributed by atoms with Crippen molar-refractivity contribution in [1.82, 2.24) is 10.6 Å². The van der Waals surface area contributed by atoms with Gasteiger partial charge >= 0.3 is 12.1 Å². The third-order valence-electron chi connectivity index (χ3n) is 6.00. The molecule has 0 radical (unpaired) electrons. The van der Waals surface area contributed by atoms with Crippen molar-refractivity contribution < 1.29 is 29.3 Å². The van der Waals surface area contributed by atoms with Crippen LogP contribution in [-0.2, 0) is 14.3 Å². The van der Waals surface area contributed by atoms with Gasteiger partial charge in [-0.05, 0) is 35.1 Å². The van der Waals surface area contributed by atoms with E-state index in [1.807, 2.05) is 43.3 Å². The average molecular weight is 455 g/mol. The number of aliphatic carboxylic acids is 1. The van der Waals surface area contributed by atoms with E-state index in [2.05, 4.69) is 22.8 Å². The number of carboxylic acids is 1. The average Bonchev–Trinajstić information content (AvgIpc) is 3.12. The molecule has 1 unspecified atom stereocenters. The molecule has 0 spiro atoms. The van der Waals surface area contributed by atoms with Gasteiger partial charge in [0.2, 0.25) is 5.91 Å². The van der Waals surface area contributed by atoms with Crippen LogP contribution in [0.5, 0.6) is 0 Å². The molecule has 4 N–H and O–H groups in total. The van der Waals surface area contributed by atoms with Gasteiger partial charge in [0.1, 0.15) is 6.61 Å². The molecule has 3 atom stereocenters. The molecule has 3 rings (SSSR count). The lowest BCUT2D eigenvalue weighted by Crippen LogP contribution is -2.48. The predicted octanol–water partition coefficient (Wildman–Crippen LogP) is 2.89. The molecule has 176 valence electrons. The van der Waals surface area contributed by atoms with Gasteiger partial charge in [-0.2, -0.15) is 0 Å². The number of fused-ring (bicyclic) bond motifs is 3. The van der Waals surface area contributed by atoms with Crippen molar-refractivity contribution in [2.24, 2.45) is 5.92 Å². The minimum atomic E-state index is -1.37. The van der Waals surface area contributed by atoms with E-state index in [0.29, 0.717) is 6.42 Å². The molecule has 33 heavy (non-hydrogen) atoms. The van der Waals surface area contributed by atoms with Crippen LogP contribution in [0.15, 0.2) is 48.5 Å². The van der Waals surface area contributed by atoms with E-state index >= 15 is 0 Å². The van der Waals surface area contributed by atoms with Gasteiger partial charge in [-0.25, -0.2) is 9.59 Å². The lowest BCUT2D eigenvalue weighted by molar-refractivity contribution is -0.144. The lowest BCUT2D eigenvalue weighted by atomic mass is 9.98. The summed E-state index contributed by atoms with van der Waals surface area (Å²) in [5.41, 5.74) is 4.55. The second kappa shape index (κ2) is 11.0. The van der Waals surface area contributed by atoms with E-state index in [9.17, 15) is 19.5 Å². The number of carbonyl (C=O) groups is 3. The van der Waals surface area contributed by atoms with Crippen molar-refractivity contribution in [2.45, 2.75) is 44.8 Å². The number of benzene rings is 2. The molecule has 0 saturated carbocycles. The van der Waals surface area contributed by atoms with Gasteiger partial charge in [-0.1, -0.05) is 61.9 Å². The summed E-state index contributed by atoms with van der Waals surface area (Å²) in [5, 5.41) is 23.6. The summed E-state index contributed by atoms with van der Waals surface area (Å²) >= 11 is 0. The Morgan fingerprint density at radius 3 is 2.12 bits per heavy atom. The largest absolute Gasteiger partial charge is 0.480 e. The van der Waals surface area contributed by atoms with Crippen LogP contribution >= 0.6 is 0 Å². The summed E-state index contributed by atoms with van der Waals surface area (Å²) in [7, 11) is 0. The number of nitrogens with one attached hydrogen (secondary N) is 2. The van der Waals surface area contributed by atoms with Crippen molar-refractivity contribution >= 4 is 18.0 Å². The van der Waals surface area contributed by atoms with Gasteiger partial charge in [0.15, 0.2) is 6.04 Å². The summed E-state index contributed by atoms with van der Waals surface area (Å²) in [6, 6.07) is 14.8. The summed E-state index contributed by atoms with van der Waals surface area (Å²) in [6.07, 6.45) is -1.16. The fourth-order valence-electron chi connectivity index (χ4n) is 4.12. The fourth-order valence-corrected chi connectivity index (χ4v) is 4.12.